The van der Waals surface area contributed by atoms with Crippen molar-refractivity contribution in [1.29, 1.82) is 0 Å². The minimum Gasteiger partial charge on any atom is -0.331 e. The highest BCUT2D eigenvalue weighted by Crippen LogP contribution is 2.23. The summed E-state index contributed by atoms with van der Waals surface area (Å²) in [5, 5.41) is 7.98. The van der Waals surface area contributed by atoms with Gasteiger partial charge in [0.15, 0.2) is 0 Å². The molecule has 22 heavy (non-hydrogen) atoms. The molecule has 1 unspecified atom stereocenters. The Kier molecular flexibility index (Phi) is 4.01. The van der Waals surface area contributed by atoms with E-state index in [1.165, 1.54) is 0 Å². The summed E-state index contributed by atoms with van der Waals surface area (Å²) in [5.74, 6) is 0. The number of aromatic nitrogens is 1. The summed E-state index contributed by atoms with van der Waals surface area (Å²) in [6.45, 7) is 1.94. The zero-order valence-electron chi connectivity index (χ0n) is 12.3. The van der Waals surface area contributed by atoms with E-state index >= 15 is 0 Å². The summed E-state index contributed by atoms with van der Waals surface area (Å²) in [6.07, 6.45) is 3.44. The first-order valence-electron chi connectivity index (χ1n) is 7.19. The van der Waals surface area contributed by atoms with Gasteiger partial charge >= 0.3 is 6.03 Å². The lowest BCUT2D eigenvalue weighted by molar-refractivity contribution is 0.249. The number of urea groups is 1. The molecule has 1 heterocycles. The van der Waals surface area contributed by atoms with Crippen LogP contribution in [0.2, 0.25) is 0 Å². The number of amides is 2. The molecule has 1 aromatic heterocycles. The smallest absolute Gasteiger partial charge is 0.319 e. The molecule has 0 bridgehead atoms. The number of nitrogens with one attached hydrogen (secondary N) is 2. The van der Waals surface area contributed by atoms with Crippen LogP contribution in [-0.4, -0.2) is 11.0 Å². The molecule has 0 radical (unpaired) electrons. The number of hydrogen-bond acceptors (Lipinski definition) is 2. The molecule has 2 aromatic carbocycles. The zero-order chi connectivity index (χ0) is 15.4. The van der Waals surface area contributed by atoms with E-state index < -0.39 is 0 Å². The minimum atomic E-state index is -0.222. The van der Waals surface area contributed by atoms with E-state index in [-0.39, 0.29) is 12.1 Å². The SMILES string of the molecule is CC(NC(=O)Nc1cccc2ccccc12)c1ccncc1. The maximum atomic E-state index is 12.2. The van der Waals surface area contributed by atoms with Crippen LogP contribution < -0.4 is 10.6 Å². The monoisotopic (exact) mass is 291 g/mol. The maximum Gasteiger partial charge on any atom is 0.319 e. The fraction of sp³-hybridized carbons (Fsp3) is 0.111. The van der Waals surface area contributed by atoms with Crippen molar-refractivity contribution < 1.29 is 4.79 Å². The molecule has 0 aliphatic heterocycles. The van der Waals surface area contributed by atoms with Gasteiger partial charge in [0, 0.05) is 17.8 Å². The summed E-state index contributed by atoms with van der Waals surface area (Å²) >= 11 is 0. The molecular weight excluding hydrogens is 274 g/mol. The van der Waals surface area contributed by atoms with Gasteiger partial charge in [-0.1, -0.05) is 36.4 Å². The van der Waals surface area contributed by atoms with Gasteiger partial charge in [-0.2, -0.15) is 0 Å². The van der Waals surface area contributed by atoms with E-state index in [0.29, 0.717) is 0 Å². The number of pyridine rings is 1. The quantitative estimate of drug-likeness (QED) is 0.762. The Bertz CT molecular complexity index is 781. The summed E-state index contributed by atoms with van der Waals surface area (Å²) < 4.78 is 0. The number of fused-ring (bicyclic) bond motifs is 1. The van der Waals surface area contributed by atoms with Crippen LogP contribution in [0.15, 0.2) is 67.0 Å². The number of carbonyl (C=O) groups excluding carboxylic acids is 1. The van der Waals surface area contributed by atoms with E-state index in [1.807, 2.05) is 61.5 Å². The van der Waals surface area contributed by atoms with Crippen LogP contribution in [0.5, 0.6) is 0 Å². The highest BCUT2D eigenvalue weighted by molar-refractivity contribution is 6.01. The Hall–Kier alpha value is -2.88. The molecule has 0 fully saturated rings. The standard InChI is InChI=1S/C18H17N3O/c1-13(14-9-11-19-12-10-14)20-18(22)21-17-8-4-6-15-5-2-3-7-16(15)17/h2-13H,1H3,(H2,20,21,22). The zero-order valence-corrected chi connectivity index (χ0v) is 12.3. The Morgan fingerprint density at radius 1 is 1.00 bits per heavy atom. The molecular formula is C18H17N3O. The molecule has 4 heteroatoms. The van der Waals surface area contributed by atoms with Gasteiger partial charge in [-0.25, -0.2) is 4.79 Å². The molecule has 0 saturated heterocycles. The van der Waals surface area contributed by atoms with Crippen LogP contribution in [0.1, 0.15) is 18.5 Å². The Morgan fingerprint density at radius 2 is 1.73 bits per heavy atom. The molecule has 1 atom stereocenters. The van der Waals surface area contributed by atoms with Gasteiger partial charge in [-0.3, -0.25) is 4.98 Å². The van der Waals surface area contributed by atoms with Crippen molar-refractivity contribution in [2.45, 2.75) is 13.0 Å². The lowest BCUT2D eigenvalue weighted by atomic mass is 10.1. The summed E-state index contributed by atoms with van der Waals surface area (Å²) in [5.41, 5.74) is 1.82. The summed E-state index contributed by atoms with van der Waals surface area (Å²) in [6, 6.07) is 17.3. The predicted molar refractivity (Wildman–Crippen MR) is 88.8 cm³/mol. The van der Waals surface area contributed by atoms with Gasteiger partial charge in [0.2, 0.25) is 0 Å². The summed E-state index contributed by atoms with van der Waals surface area (Å²) in [7, 11) is 0. The van der Waals surface area contributed by atoms with Crippen LogP contribution in [0.3, 0.4) is 0 Å². The Balaban J connectivity index is 1.74. The first-order chi connectivity index (χ1) is 10.7. The third-order valence-electron chi connectivity index (χ3n) is 3.59. The van der Waals surface area contributed by atoms with Gasteiger partial charge in [0.05, 0.1) is 11.7 Å². The van der Waals surface area contributed by atoms with E-state index in [9.17, 15) is 4.79 Å². The van der Waals surface area contributed by atoms with Crippen LogP contribution in [0, 0.1) is 0 Å². The van der Waals surface area contributed by atoms with E-state index in [2.05, 4.69) is 15.6 Å². The molecule has 3 aromatic rings. The van der Waals surface area contributed by atoms with Crippen LogP contribution in [0.25, 0.3) is 10.8 Å². The van der Waals surface area contributed by atoms with E-state index in [4.69, 9.17) is 0 Å². The van der Waals surface area contributed by atoms with Gasteiger partial charge < -0.3 is 10.6 Å². The number of carbonyl (C=O) groups is 1. The van der Waals surface area contributed by atoms with Crippen LogP contribution in [-0.2, 0) is 0 Å². The molecule has 0 spiro atoms. The maximum absolute atomic E-state index is 12.2. The van der Waals surface area contributed by atoms with Gasteiger partial charge in [0.1, 0.15) is 0 Å². The fourth-order valence-electron chi connectivity index (χ4n) is 2.42. The number of anilines is 1. The van der Waals surface area contributed by atoms with Crippen molar-refractivity contribution in [3.63, 3.8) is 0 Å². The van der Waals surface area contributed by atoms with Gasteiger partial charge in [-0.05, 0) is 36.1 Å². The van der Waals surface area contributed by atoms with Crippen molar-refractivity contribution in [1.82, 2.24) is 10.3 Å². The topological polar surface area (TPSA) is 54.0 Å². The molecule has 0 saturated carbocycles. The van der Waals surface area contributed by atoms with Crippen LogP contribution >= 0.6 is 0 Å². The van der Waals surface area contributed by atoms with Crippen molar-refractivity contribution in [3.05, 3.63) is 72.6 Å². The Labute approximate surface area is 129 Å². The lowest BCUT2D eigenvalue weighted by Gasteiger charge is -2.15. The molecule has 2 amide bonds. The molecule has 4 nitrogen and oxygen atoms in total. The van der Waals surface area contributed by atoms with Crippen molar-refractivity contribution in [2.24, 2.45) is 0 Å². The van der Waals surface area contributed by atoms with E-state index in [1.54, 1.807) is 12.4 Å². The second kappa shape index (κ2) is 6.26. The average molecular weight is 291 g/mol. The Morgan fingerprint density at radius 3 is 2.55 bits per heavy atom. The molecule has 2 N–H and O–H groups in total. The predicted octanol–water partition coefficient (Wildman–Crippen LogP) is 4.12. The third kappa shape index (κ3) is 3.06. The molecule has 0 aliphatic carbocycles. The first-order valence-corrected chi connectivity index (χ1v) is 7.19. The van der Waals surface area contributed by atoms with Crippen molar-refractivity contribution in [2.75, 3.05) is 5.32 Å². The molecule has 110 valence electrons. The lowest BCUT2D eigenvalue weighted by Crippen LogP contribution is -2.31. The largest absolute Gasteiger partial charge is 0.331 e. The normalized spacial score (nSPS) is 11.9. The fourth-order valence-corrected chi connectivity index (χ4v) is 2.42. The second-order valence-corrected chi connectivity index (χ2v) is 5.13. The number of nitrogens with zero attached hydrogens (tertiary/aromatic N) is 1. The first kappa shape index (κ1) is 14.1. The van der Waals surface area contributed by atoms with Gasteiger partial charge in [0.25, 0.3) is 0 Å². The van der Waals surface area contributed by atoms with Crippen LogP contribution in [0.4, 0.5) is 10.5 Å². The average Bonchev–Trinajstić information content (AvgIpc) is 2.56. The minimum absolute atomic E-state index is 0.0852. The van der Waals surface area contributed by atoms with E-state index in [0.717, 1.165) is 22.0 Å². The second-order valence-electron chi connectivity index (χ2n) is 5.13. The van der Waals surface area contributed by atoms with Gasteiger partial charge in [-0.15, -0.1) is 0 Å². The highest BCUT2D eigenvalue weighted by Gasteiger charge is 2.10. The summed E-state index contributed by atoms with van der Waals surface area (Å²) in [4.78, 5) is 16.2. The highest BCUT2D eigenvalue weighted by atomic mass is 16.2. The third-order valence-corrected chi connectivity index (χ3v) is 3.59. The number of hydrogen-bond donors (Lipinski definition) is 2. The van der Waals surface area contributed by atoms with Crippen molar-refractivity contribution >= 4 is 22.5 Å². The van der Waals surface area contributed by atoms with Crippen molar-refractivity contribution in [3.8, 4) is 0 Å². The molecule has 0 aliphatic rings. The molecule has 3 rings (SSSR count). The number of rotatable bonds is 3. The number of benzene rings is 2.